The first-order valence-electron chi connectivity index (χ1n) is 8.83. The first-order valence-corrected chi connectivity index (χ1v) is 8.83. The van der Waals surface area contributed by atoms with E-state index in [1.807, 2.05) is 30.3 Å². The predicted molar refractivity (Wildman–Crippen MR) is 91.4 cm³/mol. The molecule has 24 heavy (non-hydrogen) atoms. The van der Waals surface area contributed by atoms with Gasteiger partial charge in [-0.05, 0) is 38.2 Å². The Morgan fingerprint density at radius 2 is 1.71 bits per heavy atom. The van der Waals surface area contributed by atoms with E-state index in [9.17, 15) is 9.59 Å². The lowest BCUT2D eigenvalue weighted by atomic mass is 9.98. The van der Waals surface area contributed by atoms with Crippen LogP contribution in [0.2, 0.25) is 0 Å². The average molecular weight is 333 g/mol. The first kappa shape index (κ1) is 18.3. The molecule has 0 spiro atoms. The highest BCUT2D eigenvalue weighted by atomic mass is 16.6. The van der Waals surface area contributed by atoms with Crippen LogP contribution in [0, 0.1) is 0 Å². The van der Waals surface area contributed by atoms with Crippen LogP contribution in [0.25, 0.3) is 0 Å². The van der Waals surface area contributed by atoms with E-state index in [1.165, 1.54) is 19.3 Å². The van der Waals surface area contributed by atoms with Crippen molar-refractivity contribution in [3.8, 4) is 0 Å². The maximum Gasteiger partial charge on any atom is 0.408 e. The van der Waals surface area contributed by atoms with Gasteiger partial charge in [-0.15, -0.1) is 0 Å². The van der Waals surface area contributed by atoms with Crippen LogP contribution in [-0.4, -0.2) is 24.2 Å². The van der Waals surface area contributed by atoms with E-state index in [0.29, 0.717) is 0 Å². The molecule has 0 radical (unpaired) electrons. The molecule has 132 valence electrons. The fraction of sp³-hybridized carbons (Fsp3) is 0.579. The van der Waals surface area contributed by atoms with Crippen molar-refractivity contribution in [3.63, 3.8) is 0 Å². The van der Waals surface area contributed by atoms with Crippen molar-refractivity contribution >= 4 is 12.1 Å². The number of rotatable bonds is 5. The summed E-state index contributed by atoms with van der Waals surface area (Å²) in [6, 6.07) is 8.70. The molecule has 1 amide bonds. The van der Waals surface area contributed by atoms with Crippen molar-refractivity contribution in [1.29, 1.82) is 0 Å². The monoisotopic (exact) mass is 333 g/mol. The maximum absolute atomic E-state index is 12.1. The van der Waals surface area contributed by atoms with Crippen LogP contribution in [0.5, 0.6) is 0 Å². The number of ether oxygens (including phenoxy) is 2. The van der Waals surface area contributed by atoms with Crippen molar-refractivity contribution in [3.05, 3.63) is 35.9 Å². The summed E-state index contributed by atoms with van der Waals surface area (Å²) < 4.78 is 10.7. The minimum Gasteiger partial charge on any atom is -0.461 e. The van der Waals surface area contributed by atoms with Crippen LogP contribution >= 0.6 is 0 Å². The second-order valence-electron chi connectivity index (χ2n) is 6.33. The van der Waals surface area contributed by atoms with Gasteiger partial charge in [0, 0.05) is 0 Å². The highest BCUT2D eigenvalue weighted by Crippen LogP contribution is 2.19. The predicted octanol–water partition coefficient (Wildman–Crippen LogP) is 3.96. The molecule has 0 bridgehead atoms. The summed E-state index contributed by atoms with van der Waals surface area (Å²) in [5.74, 6) is -0.391. The van der Waals surface area contributed by atoms with Crippen LogP contribution in [0.3, 0.4) is 0 Å². The minimum atomic E-state index is -0.710. The number of alkyl carbamates (subject to hydrolysis) is 1. The molecule has 0 saturated heterocycles. The summed E-state index contributed by atoms with van der Waals surface area (Å²) in [5, 5.41) is 2.53. The largest absolute Gasteiger partial charge is 0.461 e. The van der Waals surface area contributed by atoms with Crippen molar-refractivity contribution in [2.24, 2.45) is 0 Å². The summed E-state index contributed by atoms with van der Waals surface area (Å²) in [4.78, 5) is 23.9. The number of hydrogen-bond acceptors (Lipinski definition) is 4. The van der Waals surface area contributed by atoms with Gasteiger partial charge in [0.25, 0.3) is 0 Å². The maximum atomic E-state index is 12.1. The fourth-order valence-corrected chi connectivity index (χ4v) is 2.80. The van der Waals surface area contributed by atoms with E-state index < -0.39 is 18.1 Å². The van der Waals surface area contributed by atoms with Crippen molar-refractivity contribution in [2.75, 3.05) is 0 Å². The molecule has 5 nitrogen and oxygen atoms in total. The van der Waals surface area contributed by atoms with Crippen LogP contribution in [0.4, 0.5) is 4.79 Å². The highest BCUT2D eigenvalue weighted by Gasteiger charge is 2.22. The second kappa shape index (κ2) is 9.96. The Labute approximate surface area is 143 Å². The lowest BCUT2D eigenvalue weighted by Gasteiger charge is -2.22. The Hall–Kier alpha value is -2.04. The quantitative estimate of drug-likeness (QED) is 0.829. The van der Waals surface area contributed by atoms with Gasteiger partial charge in [0.15, 0.2) is 0 Å². The van der Waals surface area contributed by atoms with E-state index in [-0.39, 0.29) is 12.7 Å². The zero-order valence-corrected chi connectivity index (χ0v) is 14.3. The van der Waals surface area contributed by atoms with E-state index in [2.05, 4.69) is 5.32 Å². The number of esters is 1. The molecule has 2 rings (SSSR count). The van der Waals surface area contributed by atoms with Crippen LogP contribution in [0.15, 0.2) is 30.3 Å². The molecule has 1 aromatic carbocycles. The summed E-state index contributed by atoms with van der Waals surface area (Å²) in [5.41, 5.74) is 0.900. The molecular weight excluding hydrogens is 306 g/mol. The van der Waals surface area contributed by atoms with Crippen LogP contribution in [-0.2, 0) is 20.9 Å². The summed E-state index contributed by atoms with van der Waals surface area (Å²) in [7, 11) is 0. The third kappa shape index (κ3) is 6.60. The zero-order valence-electron chi connectivity index (χ0n) is 14.3. The SMILES string of the molecule is C[C@H](NC(=O)OCc1ccccc1)C(=O)OC1CCCCCCC1. The van der Waals surface area contributed by atoms with E-state index in [0.717, 1.165) is 31.2 Å². The van der Waals surface area contributed by atoms with Gasteiger partial charge in [0.1, 0.15) is 18.8 Å². The molecule has 1 saturated carbocycles. The Kier molecular flexibility index (Phi) is 7.59. The molecule has 1 aromatic rings. The Bertz CT molecular complexity index is 509. The van der Waals surface area contributed by atoms with Crippen molar-refractivity contribution in [2.45, 2.75) is 70.6 Å². The zero-order chi connectivity index (χ0) is 17.2. The standard InChI is InChI=1S/C19H27NO4/c1-15(18(21)24-17-12-8-3-2-4-9-13-17)20-19(22)23-14-16-10-6-5-7-11-16/h5-7,10-11,15,17H,2-4,8-9,12-14H2,1H3,(H,20,22)/t15-/m0/s1. The van der Waals surface area contributed by atoms with Crippen LogP contribution in [0.1, 0.15) is 57.4 Å². The van der Waals surface area contributed by atoms with Gasteiger partial charge in [-0.1, -0.05) is 49.6 Å². The van der Waals surface area contributed by atoms with E-state index in [1.54, 1.807) is 6.92 Å². The molecular formula is C19H27NO4. The van der Waals surface area contributed by atoms with Gasteiger partial charge in [-0.25, -0.2) is 9.59 Å². The highest BCUT2D eigenvalue weighted by molar-refractivity contribution is 5.81. The van der Waals surface area contributed by atoms with E-state index >= 15 is 0 Å². The molecule has 0 aromatic heterocycles. The van der Waals surface area contributed by atoms with Gasteiger partial charge in [-0.2, -0.15) is 0 Å². The summed E-state index contributed by atoms with van der Waals surface area (Å²) in [6.45, 7) is 1.80. The molecule has 1 aliphatic carbocycles. The molecule has 1 atom stereocenters. The number of hydrogen-bond donors (Lipinski definition) is 1. The van der Waals surface area contributed by atoms with Gasteiger partial charge < -0.3 is 14.8 Å². The van der Waals surface area contributed by atoms with Gasteiger partial charge in [0.05, 0.1) is 0 Å². The summed E-state index contributed by atoms with van der Waals surface area (Å²) in [6.07, 6.45) is 7.06. The third-order valence-corrected chi connectivity index (χ3v) is 4.24. The Morgan fingerprint density at radius 1 is 1.08 bits per heavy atom. The number of carbonyl (C=O) groups excluding carboxylic acids is 2. The average Bonchev–Trinajstić information content (AvgIpc) is 2.56. The van der Waals surface area contributed by atoms with Crippen LogP contribution < -0.4 is 5.32 Å². The number of nitrogens with one attached hydrogen (secondary N) is 1. The lowest BCUT2D eigenvalue weighted by molar-refractivity contribution is -0.152. The second-order valence-corrected chi connectivity index (χ2v) is 6.33. The molecule has 0 unspecified atom stereocenters. The molecule has 0 aliphatic heterocycles. The minimum absolute atomic E-state index is 0.0256. The van der Waals surface area contributed by atoms with Crippen molar-refractivity contribution < 1.29 is 19.1 Å². The molecule has 1 fully saturated rings. The topological polar surface area (TPSA) is 64.6 Å². The van der Waals surface area contributed by atoms with Crippen molar-refractivity contribution in [1.82, 2.24) is 5.32 Å². The number of carbonyl (C=O) groups is 2. The molecule has 1 N–H and O–H groups in total. The smallest absolute Gasteiger partial charge is 0.408 e. The number of benzene rings is 1. The molecule has 1 aliphatic rings. The third-order valence-electron chi connectivity index (χ3n) is 4.24. The van der Waals surface area contributed by atoms with Gasteiger partial charge >= 0.3 is 12.1 Å². The molecule has 0 heterocycles. The summed E-state index contributed by atoms with van der Waals surface area (Å²) >= 11 is 0. The van der Waals surface area contributed by atoms with E-state index in [4.69, 9.17) is 9.47 Å². The number of amides is 1. The molecule has 5 heteroatoms. The fourth-order valence-electron chi connectivity index (χ4n) is 2.80. The van der Waals surface area contributed by atoms with Gasteiger partial charge in [0.2, 0.25) is 0 Å². The normalized spacial score (nSPS) is 17.2. The van der Waals surface area contributed by atoms with Gasteiger partial charge in [-0.3, -0.25) is 0 Å². The lowest BCUT2D eigenvalue weighted by Crippen LogP contribution is -2.41. The Morgan fingerprint density at radius 3 is 2.38 bits per heavy atom. The Balaban J connectivity index is 1.70. The first-order chi connectivity index (χ1) is 11.6.